The molecule has 1 N–H and O–H groups in total. The first kappa shape index (κ1) is 21.6. The highest BCUT2D eigenvalue weighted by molar-refractivity contribution is 7.13. The number of thiazole rings is 1. The lowest BCUT2D eigenvalue weighted by Gasteiger charge is -2.04. The Kier molecular flexibility index (Phi) is 7.88. The topological polar surface area (TPSA) is 128 Å². The molecule has 1 aromatic carbocycles. The molecule has 1 aromatic heterocycles. The molecular formula is C19H17N3O6S. The van der Waals surface area contributed by atoms with Gasteiger partial charge in [-0.1, -0.05) is 12.1 Å². The number of methoxy groups -OCH3 is 2. The van der Waals surface area contributed by atoms with Gasteiger partial charge in [0.15, 0.2) is 11.7 Å². The van der Waals surface area contributed by atoms with Gasteiger partial charge in [-0.15, -0.1) is 11.3 Å². The summed E-state index contributed by atoms with van der Waals surface area (Å²) >= 11 is 1.11. The van der Waals surface area contributed by atoms with Crippen LogP contribution in [0.5, 0.6) is 5.75 Å². The van der Waals surface area contributed by atoms with Gasteiger partial charge in [0.2, 0.25) is 0 Å². The maximum Gasteiger partial charge on any atom is 0.349 e. The summed E-state index contributed by atoms with van der Waals surface area (Å²) in [6.45, 7) is -0.591. The molecule has 0 aliphatic rings. The lowest BCUT2D eigenvalue weighted by Crippen LogP contribution is -2.21. The number of nitrogens with zero attached hydrogens (tertiary/aromatic N) is 2. The number of hydrogen-bond donors (Lipinski definition) is 1. The molecule has 0 radical (unpaired) electrons. The van der Waals surface area contributed by atoms with E-state index in [4.69, 9.17) is 14.7 Å². The van der Waals surface area contributed by atoms with Crippen molar-refractivity contribution >= 4 is 40.4 Å². The van der Waals surface area contributed by atoms with Gasteiger partial charge in [0.1, 0.15) is 17.4 Å². The number of aromatic nitrogens is 1. The van der Waals surface area contributed by atoms with Gasteiger partial charge in [-0.25, -0.2) is 9.78 Å². The van der Waals surface area contributed by atoms with Crippen molar-refractivity contribution in [2.75, 3.05) is 26.1 Å². The Morgan fingerprint density at radius 2 is 1.97 bits per heavy atom. The fraction of sp³-hybridized carbons (Fsp3) is 0.211. The van der Waals surface area contributed by atoms with E-state index in [9.17, 15) is 14.4 Å². The third kappa shape index (κ3) is 6.75. The number of benzene rings is 1. The molecule has 0 aliphatic heterocycles. The molecule has 150 valence electrons. The Morgan fingerprint density at radius 1 is 1.24 bits per heavy atom. The largest absolute Gasteiger partial charge is 0.497 e. The van der Waals surface area contributed by atoms with Gasteiger partial charge in [-0.2, -0.15) is 5.26 Å². The molecule has 1 amide bonds. The molecule has 2 aromatic rings. The number of ether oxygens (including phenoxy) is 3. The zero-order valence-electron chi connectivity index (χ0n) is 15.6. The quantitative estimate of drug-likeness (QED) is 0.394. The van der Waals surface area contributed by atoms with E-state index >= 15 is 0 Å². The van der Waals surface area contributed by atoms with Gasteiger partial charge in [-0.05, 0) is 23.8 Å². The highest BCUT2D eigenvalue weighted by atomic mass is 32.1. The lowest BCUT2D eigenvalue weighted by atomic mass is 10.1. The van der Waals surface area contributed by atoms with Gasteiger partial charge in [0, 0.05) is 5.38 Å². The van der Waals surface area contributed by atoms with Crippen LogP contribution in [0, 0.1) is 11.3 Å². The van der Waals surface area contributed by atoms with Crippen LogP contribution in [-0.2, 0) is 30.3 Å². The Bertz CT molecular complexity index is 959. The van der Waals surface area contributed by atoms with Gasteiger partial charge >= 0.3 is 11.9 Å². The zero-order valence-corrected chi connectivity index (χ0v) is 16.4. The van der Waals surface area contributed by atoms with Crippen LogP contribution in [0.3, 0.4) is 0 Å². The number of anilines is 1. The molecule has 9 nitrogen and oxygen atoms in total. The molecule has 0 aliphatic carbocycles. The lowest BCUT2D eigenvalue weighted by molar-refractivity contribution is -0.142. The number of rotatable bonds is 8. The van der Waals surface area contributed by atoms with E-state index in [1.807, 2.05) is 0 Å². The number of esters is 2. The molecule has 1 heterocycles. The first-order valence-electron chi connectivity index (χ1n) is 8.19. The maximum absolute atomic E-state index is 12.0. The summed E-state index contributed by atoms with van der Waals surface area (Å²) in [6.07, 6.45) is 1.33. The zero-order chi connectivity index (χ0) is 21.2. The van der Waals surface area contributed by atoms with Gasteiger partial charge in [0.05, 0.1) is 26.3 Å². The molecule has 0 bridgehead atoms. The molecule has 0 fully saturated rings. The van der Waals surface area contributed by atoms with Crippen LogP contribution in [0.4, 0.5) is 5.13 Å². The Balaban J connectivity index is 1.89. The van der Waals surface area contributed by atoms with Crippen molar-refractivity contribution in [1.29, 1.82) is 5.26 Å². The third-order valence-electron chi connectivity index (χ3n) is 3.45. The molecule has 0 unspecified atom stereocenters. The van der Waals surface area contributed by atoms with Crippen LogP contribution < -0.4 is 10.1 Å². The van der Waals surface area contributed by atoms with Crippen LogP contribution in [0.1, 0.15) is 11.3 Å². The van der Waals surface area contributed by atoms with Crippen LogP contribution in [0.2, 0.25) is 0 Å². The SMILES string of the molecule is COC(=O)Cc1csc(NC(=O)COC(=O)/C(C#N)=C/c2ccc(OC)cc2)n1. The van der Waals surface area contributed by atoms with Crippen LogP contribution in [0.15, 0.2) is 35.2 Å². The Morgan fingerprint density at radius 3 is 2.59 bits per heavy atom. The normalized spacial score (nSPS) is 10.6. The van der Waals surface area contributed by atoms with Crippen LogP contribution in [0.25, 0.3) is 6.08 Å². The van der Waals surface area contributed by atoms with E-state index in [2.05, 4.69) is 15.0 Å². The van der Waals surface area contributed by atoms with Crippen LogP contribution in [-0.4, -0.2) is 43.7 Å². The molecule has 0 saturated heterocycles. The minimum absolute atomic E-state index is 0.0143. The van der Waals surface area contributed by atoms with Crippen molar-refractivity contribution in [2.24, 2.45) is 0 Å². The van der Waals surface area contributed by atoms with Crippen molar-refractivity contribution < 1.29 is 28.6 Å². The molecule has 10 heteroatoms. The van der Waals surface area contributed by atoms with Crippen molar-refractivity contribution in [3.05, 3.63) is 46.5 Å². The highest BCUT2D eigenvalue weighted by Gasteiger charge is 2.15. The van der Waals surface area contributed by atoms with Crippen molar-refractivity contribution in [1.82, 2.24) is 4.98 Å². The number of hydrogen-bond acceptors (Lipinski definition) is 9. The Hall–Kier alpha value is -3.71. The number of carbonyl (C=O) groups is 3. The van der Waals surface area contributed by atoms with E-state index in [-0.39, 0.29) is 17.1 Å². The maximum atomic E-state index is 12.0. The summed E-state index contributed by atoms with van der Waals surface area (Å²) in [4.78, 5) is 39.2. The summed E-state index contributed by atoms with van der Waals surface area (Å²) in [7, 11) is 2.80. The van der Waals surface area contributed by atoms with E-state index in [1.54, 1.807) is 35.7 Å². The molecule has 2 rings (SSSR count). The van der Waals surface area contributed by atoms with Crippen molar-refractivity contribution in [3.63, 3.8) is 0 Å². The highest BCUT2D eigenvalue weighted by Crippen LogP contribution is 2.16. The smallest absolute Gasteiger partial charge is 0.349 e. The number of nitriles is 1. The van der Waals surface area contributed by atoms with Crippen molar-refractivity contribution in [2.45, 2.75) is 6.42 Å². The second-order valence-corrected chi connectivity index (χ2v) is 6.32. The van der Waals surface area contributed by atoms with E-state index in [0.29, 0.717) is 17.0 Å². The van der Waals surface area contributed by atoms with Crippen molar-refractivity contribution in [3.8, 4) is 11.8 Å². The molecule has 0 atom stereocenters. The molecule has 29 heavy (non-hydrogen) atoms. The van der Waals surface area contributed by atoms with E-state index < -0.39 is 24.5 Å². The van der Waals surface area contributed by atoms with E-state index in [0.717, 1.165) is 11.3 Å². The first-order chi connectivity index (χ1) is 13.9. The summed E-state index contributed by atoms with van der Waals surface area (Å²) in [5, 5.41) is 13.5. The monoisotopic (exact) mass is 415 g/mol. The standard InChI is InChI=1S/C19H17N3O6S/c1-26-15-5-3-12(4-6-15)7-13(9-20)18(25)28-10-16(23)22-19-21-14(11-29-19)8-17(24)27-2/h3-7,11H,8,10H2,1-2H3,(H,21,22,23)/b13-7+. The van der Waals surface area contributed by atoms with Gasteiger partial charge in [-0.3, -0.25) is 14.9 Å². The second-order valence-electron chi connectivity index (χ2n) is 5.46. The molecule has 0 saturated carbocycles. The second kappa shape index (κ2) is 10.6. The molecule has 0 spiro atoms. The Labute approximate surface area is 170 Å². The summed E-state index contributed by atoms with van der Waals surface area (Å²) in [6, 6.07) is 8.46. The predicted molar refractivity (Wildman–Crippen MR) is 104 cm³/mol. The molecular weight excluding hydrogens is 398 g/mol. The minimum Gasteiger partial charge on any atom is -0.497 e. The number of nitrogens with one attached hydrogen (secondary N) is 1. The number of carbonyl (C=O) groups excluding carboxylic acids is 3. The third-order valence-corrected chi connectivity index (χ3v) is 4.26. The average molecular weight is 415 g/mol. The number of amides is 1. The minimum atomic E-state index is -0.927. The predicted octanol–water partition coefficient (Wildman–Crippen LogP) is 1.96. The average Bonchev–Trinajstić information content (AvgIpc) is 3.16. The summed E-state index contributed by atoms with van der Waals surface area (Å²) in [5.74, 6) is -1.37. The summed E-state index contributed by atoms with van der Waals surface area (Å²) in [5.41, 5.74) is 0.797. The van der Waals surface area contributed by atoms with Gasteiger partial charge < -0.3 is 14.2 Å². The summed E-state index contributed by atoms with van der Waals surface area (Å²) < 4.78 is 14.4. The first-order valence-corrected chi connectivity index (χ1v) is 9.07. The van der Waals surface area contributed by atoms with E-state index in [1.165, 1.54) is 20.3 Å². The fourth-order valence-corrected chi connectivity index (χ4v) is 2.76. The van der Waals surface area contributed by atoms with Crippen LogP contribution >= 0.6 is 11.3 Å². The fourth-order valence-electron chi connectivity index (χ4n) is 2.03. The van der Waals surface area contributed by atoms with Gasteiger partial charge in [0.25, 0.3) is 5.91 Å².